The van der Waals surface area contributed by atoms with E-state index in [0.717, 1.165) is 6.07 Å². The van der Waals surface area contributed by atoms with E-state index in [1.807, 2.05) is 0 Å². The van der Waals surface area contributed by atoms with Gasteiger partial charge in [0.1, 0.15) is 16.9 Å². The Morgan fingerprint density at radius 2 is 2.24 bits per heavy atom. The van der Waals surface area contributed by atoms with Crippen molar-refractivity contribution in [3.05, 3.63) is 29.6 Å². The molecule has 1 N–H and O–H groups in total. The molecule has 1 amide bonds. The third kappa shape index (κ3) is 3.32. The standard InChI is InChI=1S/C13H16FNO4S2/c1-2-21(18,19)12-8-20-6-5-15(12)13(17)10-4-3-9(16)7-11(10)14/h3-4,7,12,16H,2,5-6,8H2,1H3. The first-order chi connectivity index (χ1) is 9.86. The normalized spacial score (nSPS) is 19.5. The van der Waals surface area contributed by atoms with E-state index in [0.29, 0.717) is 11.5 Å². The van der Waals surface area contributed by atoms with Crippen LogP contribution in [0, 0.1) is 5.82 Å². The third-order valence-corrected chi connectivity index (χ3v) is 6.63. The molecule has 116 valence electrons. The molecule has 1 aromatic rings. The molecule has 1 unspecified atom stereocenters. The highest BCUT2D eigenvalue weighted by Crippen LogP contribution is 2.25. The number of hydrogen-bond acceptors (Lipinski definition) is 5. The van der Waals surface area contributed by atoms with E-state index < -0.39 is 26.9 Å². The Kier molecular flexibility index (Phi) is 4.77. The molecule has 21 heavy (non-hydrogen) atoms. The van der Waals surface area contributed by atoms with Crippen molar-refractivity contribution in [1.82, 2.24) is 4.90 Å². The number of phenols is 1. The van der Waals surface area contributed by atoms with Crippen LogP contribution in [-0.2, 0) is 9.84 Å². The Morgan fingerprint density at radius 1 is 1.52 bits per heavy atom. The average Bonchev–Trinajstić information content (AvgIpc) is 2.46. The van der Waals surface area contributed by atoms with Crippen LogP contribution in [0.1, 0.15) is 17.3 Å². The summed E-state index contributed by atoms with van der Waals surface area (Å²) in [7, 11) is -3.43. The van der Waals surface area contributed by atoms with Gasteiger partial charge in [0.05, 0.1) is 5.56 Å². The lowest BCUT2D eigenvalue weighted by Gasteiger charge is -2.34. The molecule has 0 aromatic heterocycles. The molecule has 0 aliphatic carbocycles. The van der Waals surface area contributed by atoms with Gasteiger partial charge in [-0.05, 0) is 12.1 Å². The number of thioether (sulfide) groups is 1. The molecule has 1 aliphatic rings. The van der Waals surface area contributed by atoms with Crippen molar-refractivity contribution in [3.8, 4) is 5.75 Å². The molecule has 1 heterocycles. The second-order valence-electron chi connectivity index (χ2n) is 4.64. The number of carbonyl (C=O) groups excluding carboxylic acids is 1. The number of benzene rings is 1. The van der Waals surface area contributed by atoms with Gasteiger partial charge in [-0.2, -0.15) is 11.8 Å². The van der Waals surface area contributed by atoms with Crippen molar-refractivity contribution in [2.24, 2.45) is 0 Å². The van der Waals surface area contributed by atoms with E-state index in [-0.39, 0.29) is 23.6 Å². The lowest BCUT2D eigenvalue weighted by molar-refractivity contribution is 0.0744. The Hall–Kier alpha value is -1.28. The molecule has 2 rings (SSSR count). The van der Waals surface area contributed by atoms with Crippen LogP contribution in [0.3, 0.4) is 0 Å². The minimum atomic E-state index is -3.43. The molecule has 0 radical (unpaired) electrons. The molecule has 1 aromatic carbocycles. The van der Waals surface area contributed by atoms with Gasteiger partial charge in [0.2, 0.25) is 0 Å². The van der Waals surface area contributed by atoms with Gasteiger partial charge < -0.3 is 10.0 Å². The van der Waals surface area contributed by atoms with Crippen LogP contribution in [0.4, 0.5) is 4.39 Å². The molecule has 8 heteroatoms. The summed E-state index contributed by atoms with van der Waals surface area (Å²) >= 11 is 1.46. The molecule has 1 fully saturated rings. The SMILES string of the molecule is CCS(=O)(=O)C1CSCCN1C(=O)c1ccc(O)cc1F. The Balaban J connectivity index is 2.35. The van der Waals surface area contributed by atoms with Crippen molar-refractivity contribution in [2.45, 2.75) is 12.3 Å². The average molecular weight is 333 g/mol. The second kappa shape index (κ2) is 6.23. The highest BCUT2D eigenvalue weighted by atomic mass is 32.2. The topological polar surface area (TPSA) is 74.7 Å². The van der Waals surface area contributed by atoms with Crippen LogP contribution in [-0.4, -0.2) is 53.5 Å². The number of carbonyl (C=O) groups is 1. The first kappa shape index (κ1) is 16.1. The molecule has 0 saturated carbocycles. The zero-order chi connectivity index (χ0) is 15.6. The molecule has 0 bridgehead atoms. The summed E-state index contributed by atoms with van der Waals surface area (Å²) in [6.07, 6.45) is 0. The van der Waals surface area contributed by atoms with E-state index in [1.165, 1.54) is 35.7 Å². The van der Waals surface area contributed by atoms with Crippen molar-refractivity contribution in [2.75, 3.05) is 23.8 Å². The second-order valence-corrected chi connectivity index (χ2v) is 8.24. The van der Waals surface area contributed by atoms with Crippen LogP contribution in [0.5, 0.6) is 5.75 Å². The molecule has 1 saturated heterocycles. The number of sulfone groups is 1. The van der Waals surface area contributed by atoms with Crippen molar-refractivity contribution in [1.29, 1.82) is 0 Å². The highest BCUT2D eigenvalue weighted by molar-refractivity contribution is 8.01. The summed E-state index contributed by atoms with van der Waals surface area (Å²) in [6.45, 7) is 1.78. The first-order valence-electron chi connectivity index (χ1n) is 6.45. The van der Waals surface area contributed by atoms with Gasteiger partial charge >= 0.3 is 0 Å². The number of phenolic OH excluding ortho intramolecular Hbond substituents is 1. The lowest BCUT2D eigenvalue weighted by atomic mass is 10.1. The number of nitrogens with zero attached hydrogens (tertiary/aromatic N) is 1. The highest BCUT2D eigenvalue weighted by Gasteiger charge is 2.36. The van der Waals surface area contributed by atoms with Gasteiger partial charge in [-0.1, -0.05) is 6.92 Å². The predicted molar refractivity (Wildman–Crippen MR) is 79.7 cm³/mol. The summed E-state index contributed by atoms with van der Waals surface area (Å²) in [5.74, 6) is -0.959. The summed E-state index contributed by atoms with van der Waals surface area (Å²) in [4.78, 5) is 13.6. The Labute approximate surface area is 127 Å². The maximum Gasteiger partial charge on any atom is 0.257 e. The lowest BCUT2D eigenvalue weighted by Crippen LogP contribution is -2.50. The first-order valence-corrected chi connectivity index (χ1v) is 9.32. The number of hydrogen-bond donors (Lipinski definition) is 1. The summed E-state index contributed by atoms with van der Waals surface area (Å²) in [6, 6.07) is 3.22. The van der Waals surface area contributed by atoms with Gasteiger partial charge in [-0.3, -0.25) is 4.79 Å². The van der Waals surface area contributed by atoms with Gasteiger partial charge in [0.15, 0.2) is 9.84 Å². The number of aromatic hydroxyl groups is 1. The quantitative estimate of drug-likeness (QED) is 0.907. The summed E-state index contributed by atoms with van der Waals surface area (Å²) < 4.78 is 38.0. The molecule has 1 aliphatic heterocycles. The fourth-order valence-electron chi connectivity index (χ4n) is 2.14. The fourth-order valence-corrected chi connectivity index (χ4v) is 5.10. The summed E-state index contributed by atoms with van der Waals surface area (Å²) in [5, 5.41) is 8.26. The van der Waals surface area contributed by atoms with Gasteiger partial charge in [-0.15, -0.1) is 0 Å². The van der Waals surface area contributed by atoms with E-state index >= 15 is 0 Å². The van der Waals surface area contributed by atoms with Gasteiger partial charge in [0.25, 0.3) is 5.91 Å². The van der Waals surface area contributed by atoms with Crippen LogP contribution >= 0.6 is 11.8 Å². The maximum atomic E-state index is 13.8. The van der Waals surface area contributed by atoms with Crippen LogP contribution in [0.15, 0.2) is 18.2 Å². The number of amides is 1. The largest absolute Gasteiger partial charge is 0.508 e. The van der Waals surface area contributed by atoms with E-state index in [1.54, 1.807) is 0 Å². The molecule has 1 atom stereocenters. The van der Waals surface area contributed by atoms with Crippen molar-refractivity contribution in [3.63, 3.8) is 0 Å². The Morgan fingerprint density at radius 3 is 2.86 bits per heavy atom. The molecule has 0 spiro atoms. The zero-order valence-electron chi connectivity index (χ0n) is 11.5. The monoisotopic (exact) mass is 333 g/mol. The van der Waals surface area contributed by atoms with Gasteiger partial charge in [0, 0.05) is 29.9 Å². The smallest absolute Gasteiger partial charge is 0.257 e. The molecular formula is C13H16FNO4S2. The van der Waals surface area contributed by atoms with Crippen molar-refractivity contribution < 1.29 is 22.7 Å². The minimum absolute atomic E-state index is 0.0694. The molecule has 5 nitrogen and oxygen atoms in total. The maximum absolute atomic E-state index is 13.8. The van der Waals surface area contributed by atoms with Crippen molar-refractivity contribution >= 4 is 27.5 Å². The van der Waals surface area contributed by atoms with Gasteiger partial charge in [-0.25, -0.2) is 12.8 Å². The van der Waals surface area contributed by atoms with E-state index in [9.17, 15) is 22.7 Å². The van der Waals surface area contributed by atoms with Crippen LogP contribution < -0.4 is 0 Å². The molecular weight excluding hydrogens is 317 g/mol. The number of rotatable bonds is 3. The summed E-state index contributed by atoms with van der Waals surface area (Å²) in [5.41, 5.74) is -0.226. The fraction of sp³-hybridized carbons (Fsp3) is 0.462. The van der Waals surface area contributed by atoms with Crippen LogP contribution in [0.25, 0.3) is 0 Å². The third-order valence-electron chi connectivity index (χ3n) is 3.35. The number of halogens is 1. The Bertz CT molecular complexity index is 648. The minimum Gasteiger partial charge on any atom is -0.508 e. The van der Waals surface area contributed by atoms with E-state index in [2.05, 4.69) is 0 Å². The van der Waals surface area contributed by atoms with E-state index in [4.69, 9.17) is 0 Å². The zero-order valence-corrected chi connectivity index (χ0v) is 13.1. The van der Waals surface area contributed by atoms with Crippen LogP contribution in [0.2, 0.25) is 0 Å². The predicted octanol–water partition coefficient (Wildman–Crippen LogP) is 1.48.